The average molecular weight is 264 g/mol. The van der Waals surface area contributed by atoms with E-state index in [0.29, 0.717) is 0 Å². The summed E-state index contributed by atoms with van der Waals surface area (Å²) in [5.74, 6) is 0. The highest BCUT2D eigenvalue weighted by Crippen LogP contribution is 2.26. The van der Waals surface area contributed by atoms with Gasteiger partial charge in [-0.2, -0.15) is 0 Å². The molecule has 2 aromatic heterocycles. The summed E-state index contributed by atoms with van der Waals surface area (Å²) in [6.45, 7) is 2.14. The lowest BCUT2D eigenvalue weighted by atomic mass is 9.98. The highest BCUT2D eigenvalue weighted by Gasteiger charge is 2.12. The first-order chi connectivity index (χ1) is 9.81. The van der Waals surface area contributed by atoms with E-state index in [1.165, 1.54) is 5.56 Å². The fraction of sp³-hybridized carbons (Fsp3) is 0.176. The first kappa shape index (κ1) is 12.6. The Hall–Kier alpha value is -2.42. The molecule has 20 heavy (non-hydrogen) atoms. The van der Waals surface area contributed by atoms with Gasteiger partial charge in [0.25, 0.3) is 5.56 Å². The van der Waals surface area contributed by atoms with Gasteiger partial charge >= 0.3 is 0 Å². The zero-order valence-corrected chi connectivity index (χ0v) is 11.4. The molecule has 0 aliphatic carbocycles. The Morgan fingerprint density at radius 1 is 1.05 bits per heavy atom. The third-order valence-electron chi connectivity index (χ3n) is 3.46. The van der Waals surface area contributed by atoms with E-state index in [4.69, 9.17) is 0 Å². The molecule has 0 spiro atoms. The topological polar surface area (TPSA) is 45.8 Å². The van der Waals surface area contributed by atoms with Crippen LogP contribution >= 0.6 is 0 Å². The van der Waals surface area contributed by atoms with Crippen molar-refractivity contribution in [1.29, 1.82) is 0 Å². The molecule has 0 amide bonds. The first-order valence-corrected chi connectivity index (χ1v) is 6.86. The molecule has 1 aromatic carbocycles. The molecule has 0 aliphatic heterocycles. The number of rotatable bonds is 3. The Morgan fingerprint density at radius 2 is 1.80 bits per heavy atom. The van der Waals surface area contributed by atoms with Gasteiger partial charge in [0, 0.05) is 11.6 Å². The number of hydrogen-bond acceptors (Lipinski definition) is 2. The monoisotopic (exact) mass is 264 g/mol. The molecule has 3 nitrogen and oxygen atoms in total. The summed E-state index contributed by atoms with van der Waals surface area (Å²) in [5.41, 5.74) is 2.78. The number of nitrogens with one attached hydrogen (secondary N) is 1. The molecule has 0 fully saturated rings. The molecule has 0 atom stereocenters. The average Bonchev–Trinajstić information content (AvgIpc) is 2.51. The number of hydrogen-bond donors (Lipinski definition) is 1. The third-order valence-corrected chi connectivity index (χ3v) is 3.46. The number of pyridine rings is 2. The number of aryl methyl sites for hydroxylation is 1. The van der Waals surface area contributed by atoms with E-state index in [-0.39, 0.29) is 5.56 Å². The van der Waals surface area contributed by atoms with Crippen LogP contribution in [0.15, 0.2) is 53.5 Å². The summed E-state index contributed by atoms with van der Waals surface area (Å²) in [7, 11) is 0. The van der Waals surface area contributed by atoms with Crippen molar-refractivity contribution in [3.05, 3.63) is 64.6 Å². The van der Waals surface area contributed by atoms with Crippen LogP contribution in [0.1, 0.15) is 18.9 Å². The molecular weight excluding hydrogens is 248 g/mol. The predicted molar refractivity (Wildman–Crippen MR) is 81.8 cm³/mol. The van der Waals surface area contributed by atoms with E-state index in [9.17, 15) is 4.79 Å². The van der Waals surface area contributed by atoms with Crippen molar-refractivity contribution in [3.63, 3.8) is 0 Å². The minimum Gasteiger partial charge on any atom is -0.320 e. The number of H-pyrrole nitrogens is 1. The molecule has 0 unspecified atom stereocenters. The van der Waals surface area contributed by atoms with E-state index in [1.807, 2.05) is 42.5 Å². The van der Waals surface area contributed by atoms with Crippen LogP contribution in [0, 0.1) is 0 Å². The SMILES string of the molecule is CCCc1c(-c2ccccn2)[nH]c(=O)c2ccccc12. The normalized spacial score (nSPS) is 10.8. The summed E-state index contributed by atoms with van der Waals surface area (Å²) < 4.78 is 0. The van der Waals surface area contributed by atoms with Crippen LogP contribution in [0.2, 0.25) is 0 Å². The van der Waals surface area contributed by atoms with Crippen molar-refractivity contribution in [2.45, 2.75) is 19.8 Å². The zero-order chi connectivity index (χ0) is 13.9. The Bertz CT molecular complexity index is 791. The van der Waals surface area contributed by atoms with Gasteiger partial charge in [0.05, 0.1) is 11.4 Å². The summed E-state index contributed by atoms with van der Waals surface area (Å²) in [6.07, 6.45) is 3.69. The van der Waals surface area contributed by atoms with E-state index in [2.05, 4.69) is 16.9 Å². The number of benzene rings is 1. The van der Waals surface area contributed by atoms with Crippen LogP contribution in [0.3, 0.4) is 0 Å². The van der Waals surface area contributed by atoms with Crippen molar-refractivity contribution < 1.29 is 0 Å². The summed E-state index contributed by atoms with van der Waals surface area (Å²) in [4.78, 5) is 19.6. The fourth-order valence-electron chi connectivity index (χ4n) is 2.57. The number of aromatic nitrogens is 2. The molecule has 0 aliphatic rings. The van der Waals surface area contributed by atoms with Crippen molar-refractivity contribution in [2.75, 3.05) is 0 Å². The highest BCUT2D eigenvalue weighted by molar-refractivity contribution is 5.89. The van der Waals surface area contributed by atoms with Crippen molar-refractivity contribution in [2.24, 2.45) is 0 Å². The smallest absolute Gasteiger partial charge is 0.256 e. The largest absolute Gasteiger partial charge is 0.320 e. The maximum Gasteiger partial charge on any atom is 0.256 e. The van der Waals surface area contributed by atoms with E-state index in [1.54, 1.807) is 6.20 Å². The molecule has 100 valence electrons. The Balaban J connectivity index is 2.37. The van der Waals surface area contributed by atoms with Crippen molar-refractivity contribution >= 4 is 10.8 Å². The van der Waals surface area contributed by atoms with Gasteiger partial charge in [-0.05, 0) is 35.6 Å². The zero-order valence-electron chi connectivity index (χ0n) is 11.4. The van der Waals surface area contributed by atoms with Crippen LogP contribution in [0.25, 0.3) is 22.2 Å². The summed E-state index contributed by atoms with van der Waals surface area (Å²) in [6, 6.07) is 13.5. The number of aromatic amines is 1. The molecule has 3 heteroatoms. The lowest BCUT2D eigenvalue weighted by Crippen LogP contribution is -2.11. The van der Waals surface area contributed by atoms with Gasteiger partial charge in [0.2, 0.25) is 0 Å². The molecule has 0 saturated carbocycles. The quantitative estimate of drug-likeness (QED) is 0.786. The molecule has 1 N–H and O–H groups in total. The lowest BCUT2D eigenvalue weighted by Gasteiger charge is -2.11. The number of nitrogens with zero attached hydrogens (tertiary/aromatic N) is 1. The lowest BCUT2D eigenvalue weighted by molar-refractivity contribution is 0.922. The van der Waals surface area contributed by atoms with Crippen LogP contribution in [-0.2, 0) is 6.42 Å². The minimum atomic E-state index is -0.0545. The second-order valence-corrected chi connectivity index (χ2v) is 4.82. The highest BCUT2D eigenvalue weighted by atomic mass is 16.1. The standard InChI is InChI=1S/C17H16N2O/c1-2-7-13-12-8-3-4-9-14(12)17(20)19-16(13)15-10-5-6-11-18-15/h3-6,8-11H,2,7H2,1H3,(H,19,20). The first-order valence-electron chi connectivity index (χ1n) is 6.86. The van der Waals surface area contributed by atoms with Gasteiger partial charge in [0.15, 0.2) is 0 Å². The van der Waals surface area contributed by atoms with Crippen LogP contribution in [0.5, 0.6) is 0 Å². The van der Waals surface area contributed by atoms with Gasteiger partial charge in [0.1, 0.15) is 0 Å². The van der Waals surface area contributed by atoms with Crippen LogP contribution in [0.4, 0.5) is 0 Å². The van der Waals surface area contributed by atoms with Gasteiger partial charge in [-0.1, -0.05) is 37.6 Å². The second kappa shape index (κ2) is 5.29. The Kier molecular flexibility index (Phi) is 3.33. The number of fused-ring (bicyclic) bond motifs is 1. The van der Waals surface area contributed by atoms with Crippen molar-refractivity contribution in [1.82, 2.24) is 9.97 Å². The summed E-state index contributed by atoms with van der Waals surface area (Å²) in [5, 5.41) is 1.77. The molecule has 3 rings (SSSR count). The van der Waals surface area contributed by atoms with E-state index >= 15 is 0 Å². The predicted octanol–water partition coefficient (Wildman–Crippen LogP) is 3.54. The molecule has 0 radical (unpaired) electrons. The molecular formula is C17H16N2O. The molecule has 3 aromatic rings. The minimum absolute atomic E-state index is 0.0545. The second-order valence-electron chi connectivity index (χ2n) is 4.82. The maximum atomic E-state index is 12.2. The molecule has 2 heterocycles. The molecule has 0 bridgehead atoms. The van der Waals surface area contributed by atoms with Gasteiger partial charge in [-0.15, -0.1) is 0 Å². The van der Waals surface area contributed by atoms with Crippen molar-refractivity contribution in [3.8, 4) is 11.4 Å². The summed E-state index contributed by atoms with van der Waals surface area (Å²) >= 11 is 0. The van der Waals surface area contributed by atoms with E-state index < -0.39 is 0 Å². The maximum absolute atomic E-state index is 12.2. The van der Waals surface area contributed by atoms with Gasteiger partial charge in [-0.3, -0.25) is 9.78 Å². The third kappa shape index (κ3) is 2.11. The van der Waals surface area contributed by atoms with Crippen LogP contribution in [-0.4, -0.2) is 9.97 Å². The Labute approximate surface area is 117 Å². The molecule has 0 saturated heterocycles. The Morgan fingerprint density at radius 3 is 2.50 bits per heavy atom. The fourth-order valence-corrected chi connectivity index (χ4v) is 2.57. The van der Waals surface area contributed by atoms with Gasteiger partial charge in [-0.25, -0.2) is 0 Å². The van der Waals surface area contributed by atoms with E-state index in [0.717, 1.165) is 35.0 Å². The van der Waals surface area contributed by atoms with Gasteiger partial charge < -0.3 is 4.98 Å². The van der Waals surface area contributed by atoms with Crippen LogP contribution < -0.4 is 5.56 Å².